The summed E-state index contributed by atoms with van der Waals surface area (Å²) in [6, 6.07) is 0. The lowest BCUT2D eigenvalue weighted by Crippen LogP contribution is -1.93. The van der Waals surface area contributed by atoms with Gasteiger partial charge in [-0.1, -0.05) is 0 Å². The van der Waals surface area contributed by atoms with Gasteiger partial charge in [0.2, 0.25) is 5.82 Å². The number of aromatic amines is 1. The Morgan fingerprint density at radius 3 is 2.56 bits per heavy atom. The number of H-pyrrole nitrogens is 1. The van der Waals surface area contributed by atoms with Gasteiger partial charge in [-0.2, -0.15) is 5.10 Å². The van der Waals surface area contributed by atoms with E-state index >= 15 is 0 Å². The van der Waals surface area contributed by atoms with Crippen LogP contribution in [0.25, 0.3) is 0 Å². The molecule has 0 bridgehead atoms. The van der Waals surface area contributed by atoms with E-state index in [4.69, 9.17) is 0 Å². The smallest absolute Gasteiger partial charge is 0.216 e. The van der Waals surface area contributed by atoms with Gasteiger partial charge in [-0.15, -0.1) is 0 Å². The van der Waals surface area contributed by atoms with Gasteiger partial charge >= 0.3 is 0 Å². The van der Waals surface area contributed by atoms with E-state index in [9.17, 15) is 4.79 Å². The monoisotopic (exact) mass is 125 g/mol. The highest BCUT2D eigenvalue weighted by molar-refractivity contribution is 5.89. The molecule has 0 aliphatic heterocycles. The second kappa shape index (κ2) is 1.97. The Bertz CT molecular complexity index is 228. The minimum atomic E-state index is -0.112. The summed E-state index contributed by atoms with van der Waals surface area (Å²) in [5, 5.41) is 6.20. The van der Waals surface area contributed by atoms with E-state index < -0.39 is 0 Å². The van der Waals surface area contributed by atoms with E-state index in [-0.39, 0.29) is 11.6 Å². The predicted molar refractivity (Wildman–Crippen MR) is 31.1 cm³/mol. The molecule has 48 valence electrons. The summed E-state index contributed by atoms with van der Waals surface area (Å²) in [5.74, 6) is 0.812. The second-order valence-corrected chi connectivity index (χ2v) is 1.80. The highest BCUT2D eigenvalue weighted by atomic mass is 16.1. The Morgan fingerprint density at radius 1 is 1.67 bits per heavy atom. The first-order valence-corrected chi connectivity index (χ1v) is 2.60. The van der Waals surface area contributed by atoms with Crippen molar-refractivity contribution >= 4 is 5.78 Å². The second-order valence-electron chi connectivity index (χ2n) is 1.80. The summed E-state index contributed by atoms with van der Waals surface area (Å²) in [7, 11) is 0. The van der Waals surface area contributed by atoms with Crippen LogP contribution in [-0.2, 0) is 0 Å². The van der Waals surface area contributed by atoms with E-state index in [2.05, 4.69) is 15.2 Å². The number of nitrogens with one attached hydrogen (secondary N) is 1. The van der Waals surface area contributed by atoms with Crippen molar-refractivity contribution in [3.63, 3.8) is 0 Å². The molecule has 4 nitrogen and oxygen atoms in total. The molecule has 0 radical (unpaired) electrons. The van der Waals surface area contributed by atoms with Gasteiger partial charge in [0, 0.05) is 6.92 Å². The summed E-state index contributed by atoms with van der Waals surface area (Å²) >= 11 is 0. The molecule has 0 saturated carbocycles. The average molecular weight is 125 g/mol. The predicted octanol–water partition coefficient (Wildman–Crippen LogP) is 0.316. The van der Waals surface area contributed by atoms with Crippen LogP contribution in [0, 0.1) is 6.92 Å². The largest absolute Gasteiger partial charge is 0.291 e. The van der Waals surface area contributed by atoms with E-state index in [0.717, 1.165) is 0 Å². The van der Waals surface area contributed by atoms with E-state index in [1.54, 1.807) is 6.92 Å². The number of carbonyl (C=O) groups is 1. The van der Waals surface area contributed by atoms with Crippen molar-refractivity contribution in [3.8, 4) is 0 Å². The van der Waals surface area contributed by atoms with Crippen LogP contribution < -0.4 is 0 Å². The summed E-state index contributed by atoms with van der Waals surface area (Å²) < 4.78 is 0. The highest BCUT2D eigenvalue weighted by Crippen LogP contribution is 1.89. The Kier molecular flexibility index (Phi) is 1.30. The first-order chi connectivity index (χ1) is 4.20. The minimum Gasteiger partial charge on any atom is -0.291 e. The van der Waals surface area contributed by atoms with E-state index in [1.807, 2.05) is 0 Å². The molecule has 0 amide bonds. The SMILES string of the molecule is CC(=O)c1n[nH]c(C)n1. The van der Waals surface area contributed by atoms with Crippen molar-refractivity contribution in [1.82, 2.24) is 15.2 Å². The third-order valence-corrected chi connectivity index (χ3v) is 0.912. The molecule has 0 aliphatic carbocycles. The van der Waals surface area contributed by atoms with Gasteiger partial charge in [0.1, 0.15) is 5.82 Å². The maximum absolute atomic E-state index is 10.5. The van der Waals surface area contributed by atoms with Crippen LogP contribution in [0.4, 0.5) is 0 Å². The van der Waals surface area contributed by atoms with Crippen molar-refractivity contribution in [2.24, 2.45) is 0 Å². The summed E-state index contributed by atoms with van der Waals surface area (Å²) in [6.07, 6.45) is 0. The number of hydrogen-bond donors (Lipinski definition) is 1. The fraction of sp³-hybridized carbons (Fsp3) is 0.400. The van der Waals surface area contributed by atoms with Gasteiger partial charge in [0.05, 0.1) is 0 Å². The Morgan fingerprint density at radius 2 is 2.33 bits per heavy atom. The number of aromatic nitrogens is 3. The van der Waals surface area contributed by atoms with E-state index in [0.29, 0.717) is 5.82 Å². The Labute approximate surface area is 52.3 Å². The quantitative estimate of drug-likeness (QED) is 0.550. The van der Waals surface area contributed by atoms with Crippen molar-refractivity contribution in [2.45, 2.75) is 13.8 Å². The van der Waals surface area contributed by atoms with Crippen LogP contribution in [0.2, 0.25) is 0 Å². The molecule has 9 heavy (non-hydrogen) atoms. The lowest BCUT2D eigenvalue weighted by Gasteiger charge is -1.77. The lowest BCUT2D eigenvalue weighted by molar-refractivity contribution is 0.100. The molecule has 0 unspecified atom stereocenters. The molecule has 1 aromatic rings. The van der Waals surface area contributed by atoms with Gasteiger partial charge in [-0.05, 0) is 6.92 Å². The van der Waals surface area contributed by atoms with Crippen LogP contribution >= 0.6 is 0 Å². The Balaban J connectivity index is 2.98. The molecular formula is C5H7N3O. The maximum Gasteiger partial charge on any atom is 0.216 e. The molecule has 0 saturated heterocycles. The lowest BCUT2D eigenvalue weighted by atomic mass is 10.4. The summed E-state index contributed by atoms with van der Waals surface area (Å²) in [5.41, 5.74) is 0. The molecule has 0 aromatic carbocycles. The number of ketones is 1. The first-order valence-electron chi connectivity index (χ1n) is 2.60. The van der Waals surface area contributed by atoms with Gasteiger partial charge in [-0.25, -0.2) is 4.98 Å². The number of rotatable bonds is 1. The molecule has 4 heteroatoms. The van der Waals surface area contributed by atoms with Crippen LogP contribution in [0.3, 0.4) is 0 Å². The molecule has 1 N–H and O–H groups in total. The molecule has 0 fully saturated rings. The van der Waals surface area contributed by atoms with Gasteiger partial charge in [0.25, 0.3) is 0 Å². The molecule has 1 heterocycles. The van der Waals surface area contributed by atoms with Crippen molar-refractivity contribution in [2.75, 3.05) is 0 Å². The maximum atomic E-state index is 10.5. The van der Waals surface area contributed by atoms with Crippen LogP contribution in [0.5, 0.6) is 0 Å². The fourth-order valence-electron chi connectivity index (χ4n) is 0.500. The summed E-state index contributed by atoms with van der Waals surface area (Å²) in [4.78, 5) is 14.3. The topological polar surface area (TPSA) is 58.6 Å². The van der Waals surface area contributed by atoms with Crippen molar-refractivity contribution in [1.29, 1.82) is 0 Å². The van der Waals surface area contributed by atoms with Gasteiger partial charge in [0.15, 0.2) is 5.78 Å². The van der Waals surface area contributed by atoms with Crippen molar-refractivity contribution in [3.05, 3.63) is 11.6 Å². The molecular weight excluding hydrogens is 118 g/mol. The zero-order chi connectivity index (χ0) is 6.85. The number of aryl methyl sites for hydroxylation is 1. The zero-order valence-corrected chi connectivity index (χ0v) is 5.30. The molecule has 0 aliphatic rings. The molecule has 0 spiro atoms. The fourth-order valence-corrected chi connectivity index (χ4v) is 0.500. The average Bonchev–Trinajstić information content (AvgIpc) is 2.14. The van der Waals surface area contributed by atoms with Gasteiger partial charge in [-0.3, -0.25) is 9.89 Å². The number of nitrogens with zero attached hydrogens (tertiary/aromatic N) is 2. The number of carbonyl (C=O) groups excluding carboxylic acids is 1. The minimum absolute atomic E-state index is 0.112. The number of hydrogen-bond acceptors (Lipinski definition) is 3. The first kappa shape index (κ1) is 5.94. The normalized spacial score (nSPS) is 9.56. The standard InChI is InChI=1S/C5H7N3O/c1-3(9)5-6-4(2)7-8-5/h1-2H3,(H,6,7,8). The third kappa shape index (κ3) is 1.13. The zero-order valence-electron chi connectivity index (χ0n) is 5.30. The molecule has 1 aromatic heterocycles. The molecule has 1 rings (SSSR count). The van der Waals surface area contributed by atoms with E-state index in [1.165, 1.54) is 6.92 Å². The number of Topliss-reactive ketones (excluding diaryl/α,β-unsaturated/α-hetero) is 1. The third-order valence-electron chi connectivity index (χ3n) is 0.912. The Hall–Kier alpha value is -1.19. The van der Waals surface area contributed by atoms with Crippen LogP contribution in [0.15, 0.2) is 0 Å². The van der Waals surface area contributed by atoms with Gasteiger partial charge < -0.3 is 0 Å². The molecule has 0 atom stereocenters. The summed E-state index contributed by atoms with van der Waals surface area (Å²) in [6.45, 7) is 3.18. The highest BCUT2D eigenvalue weighted by Gasteiger charge is 2.02. The van der Waals surface area contributed by atoms with Crippen molar-refractivity contribution < 1.29 is 4.79 Å². The van der Waals surface area contributed by atoms with Crippen LogP contribution in [-0.4, -0.2) is 21.0 Å². The van der Waals surface area contributed by atoms with Crippen LogP contribution in [0.1, 0.15) is 23.4 Å².